The molecule has 6 nitrogen and oxygen atoms in total. The van der Waals surface area contributed by atoms with Crippen LogP contribution in [0.4, 0.5) is 0 Å². The molecule has 0 fully saturated rings. The summed E-state index contributed by atoms with van der Waals surface area (Å²) in [7, 11) is 0. The van der Waals surface area contributed by atoms with Crippen LogP contribution in [0.5, 0.6) is 0 Å². The number of tetrazole rings is 1. The Kier molecular flexibility index (Phi) is 4.90. The van der Waals surface area contributed by atoms with Gasteiger partial charge >= 0.3 is 5.97 Å². The number of aliphatic carboxylic acids is 1. The second kappa shape index (κ2) is 6.67. The van der Waals surface area contributed by atoms with Crippen LogP contribution in [0.15, 0.2) is 24.3 Å². The summed E-state index contributed by atoms with van der Waals surface area (Å²) in [6.07, 6.45) is 0.579. The van der Waals surface area contributed by atoms with Crippen LogP contribution in [0, 0.1) is 11.8 Å². The molecule has 0 saturated carbocycles. The van der Waals surface area contributed by atoms with Gasteiger partial charge < -0.3 is 5.11 Å². The SMILES string of the molecule is CC(C)CC(Cn1nnnc1-c1ccc(Cl)cc1)C(=O)O. The van der Waals surface area contributed by atoms with Crippen molar-refractivity contribution in [2.75, 3.05) is 0 Å². The van der Waals surface area contributed by atoms with Gasteiger partial charge in [-0.05, 0) is 47.0 Å². The van der Waals surface area contributed by atoms with E-state index in [4.69, 9.17) is 11.6 Å². The first-order valence-corrected chi connectivity index (χ1v) is 7.10. The molecule has 1 atom stereocenters. The van der Waals surface area contributed by atoms with E-state index in [1.165, 1.54) is 4.68 Å². The summed E-state index contributed by atoms with van der Waals surface area (Å²) in [5.74, 6) is -0.510. The van der Waals surface area contributed by atoms with Crippen molar-refractivity contribution in [1.82, 2.24) is 20.2 Å². The molecule has 21 heavy (non-hydrogen) atoms. The van der Waals surface area contributed by atoms with Gasteiger partial charge in [0.05, 0.1) is 12.5 Å². The standard InChI is InChI=1S/C14H17ClN4O2/c1-9(2)7-11(14(20)21)8-19-13(16-17-18-19)10-3-5-12(15)6-4-10/h3-6,9,11H,7-8H2,1-2H3,(H,20,21). The minimum Gasteiger partial charge on any atom is -0.481 e. The summed E-state index contributed by atoms with van der Waals surface area (Å²) < 4.78 is 1.53. The molecule has 1 aromatic carbocycles. The second-order valence-electron chi connectivity index (χ2n) is 5.36. The number of carboxylic acid groups (broad SMARTS) is 1. The fourth-order valence-corrected chi connectivity index (χ4v) is 2.29. The zero-order valence-electron chi connectivity index (χ0n) is 11.9. The van der Waals surface area contributed by atoms with E-state index in [2.05, 4.69) is 15.5 Å². The molecule has 0 radical (unpaired) electrons. The number of aromatic nitrogens is 4. The molecular formula is C14H17ClN4O2. The third-order valence-corrected chi connectivity index (χ3v) is 3.38. The fraction of sp³-hybridized carbons (Fsp3) is 0.429. The molecule has 112 valence electrons. The van der Waals surface area contributed by atoms with Crippen LogP contribution in [-0.2, 0) is 11.3 Å². The van der Waals surface area contributed by atoms with Gasteiger partial charge in [0.1, 0.15) is 0 Å². The number of rotatable bonds is 6. The maximum absolute atomic E-state index is 11.4. The first-order chi connectivity index (χ1) is 9.97. The Hall–Kier alpha value is -1.95. The molecular weight excluding hydrogens is 292 g/mol. The average molecular weight is 309 g/mol. The van der Waals surface area contributed by atoms with Gasteiger partial charge in [-0.1, -0.05) is 25.4 Å². The van der Waals surface area contributed by atoms with Gasteiger partial charge in [-0.3, -0.25) is 4.79 Å². The Balaban J connectivity index is 2.23. The third-order valence-electron chi connectivity index (χ3n) is 3.13. The van der Waals surface area contributed by atoms with Crippen molar-refractivity contribution in [3.8, 4) is 11.4 Å². The van der Waals surface area contributed by atoms with Crippen LogP contribution >= 0.6 is 11.6 Å². The van der Waals surface area contributed by atoms with Gasteiger partial charge in [-0.25, -0.2) is 4.68 Å². The van der Waals surface area contributed by atoms with Crippen LogP contribution in [0.3, 0.4) is 0 Å². The molecule has 2 aromatic rings. The normalized spacial score (nSPS) is 12.6. The summed E-state index contributed by atoms with van der Waals surface area (Å²) >= 11 is 5.86. The predicted molar refractivity (Wildman–Crippen MR) is 78.8 cm³/mol. The van der Waals surface area contributed by atoms with Crippen molar-refractivity contribution in [1.29, 1.82) is 0 Å². The van der Waals surface area contributed by atoms with E-state index in [0.29, 0.717) is 23.2 Å². The van der Waals surface area contributed by atoms with Crippen molar-refractivity contribution in [2.24, 2.45) is 11.8 Å². The number of nitrogens with zero attached hydrogens (tertiary/aromatic N) is 4. The Morgan fingerprint density at radius 3 is 2.57 bits per heavy atom. The van der Waals surface area contributed by atoms with E-state index in [0.717, 1.165) is 5.56 Å². The molecule has 1 aromatic heterocycles. The minimum atomic E-state index is -0.832. The van der Waals surface area contributed by atoms with E-state index < -0.39 is 11.9 Å². The molecule has 0 spiro atoms. The number of benzene rings is 1. The lowest BCUT2D eigenvalue weighted by Gasteiger charge is -2.15. The molecule has 0 aliphatic carbocycles. The molecule has 0 aliphatic heterocycles. The molecule has 1 N–H and O–H groups in total. The van der Waals surface area contributed by atoms with Crippen LogP contribution in [0.25, 0.3) is 11.4 Å². The summed E-state index contributed by atoms with van der Waals surface area (Å²) in [6.45, 7) is 4.24. The Labute approximate surface area is 127 Å². The molecule has 0 bridgehead atoms. The monoisotopic (exact) mass is 308 g/mol. The number of carboxylic acids is 1. The first kappa shape index (κ1) is 15.4. The Morgan fingerprint density at radius 1 is 1.33 bits per heavy atom. The number of carbonyl (C=O) groups is 1. The largest absolute Gasteiger partial charge is 0.481 e. The fourth-order valence-electron chi connectivity index (χ4n) is 2.16. The highest BCUT2D eigenvalue weighted by molar-refractivity contribution is 6.30. The van der Waals surface area contributed by atoms with Crippen molar-refractivity contribution in [3.63, 3.8) is 0 Å². The van der Waals surface area contributed by atoms with Gasteiger partial charge in [-0.2, -0.15) is 0 Å². The summed E-state index contributed by atoms with van der Waals surface area (Å²) in [6, 6.07) is 7.11. The minimum absolute atomic E-state index is 0.248. The van der Waals surface area contributed by atoms with Gasteiger partial charge in [0.2, 0.25) is 0 Å². The lowest BCUT2D eigenvalue weighted by Crippen LogP contribution is -2.23. The van der Waals surface area contributed by atoms with Crippen LogP contribution in [-0.4, -0.2) is 31.3 Å². The highest BCUT2D eigenvalue weighted by Crippen LogP contribution is 2.21. The number of hydrogen-bond donors (Lipinski definition) is 1. The quantitative estimate of drug-likeness (QED) is 0.887. The first-order valence-electron chi connectivity index (χ1n) is 6.72. The van der Waals surface area contributed by atoms with Crippen molar-refractivity contribution >= 4 is 17.6 Å². The smallest absolute Gasteiger partial charge is 0.308 e. The molecule has 0 amide bonds. The van der Waals surface area contributed by atoms with Crippen LogP contribution in [0.1, 0.15) is 20.3 Å². The third kappa shape index (κ3) is 4.01. The topological polar surface area (TPSA) is 80.9 Å². The molecule has 7 heteroatoms. The van der Waals surface area contributed by atoms with Crippen molar-refractivity contribution in [2.45, 2.75) is 26.8 Å². The van der Waals surface area contributed by atoms with Gasteiger partial charge in [0, 0.05) is 10.6 Å². The highest BCUT2D eigenvalue weighted by atomic mass is 35.5. The Bertz CT molecular complexity index is 610. The molecule has 2 rings (SSSR count). The van der Waals surface area contributed by atoms with E-state index >= 15 is 0 Å². The van der Waals surface area contributed by atoms with Gasteiger partial charge in [0.25, 0.3) is 0 Å². The molecule has 1 heterocycles. The van der Waals surface area contributed by atoms with Crippen LogP contribution in [0.2, 0.25) is 5.02 Å². The molecule has 0 aliphatic rings. The molecule has 0 saturated heterocycles. The average Bonchev–Trinajstić information content (AvgIpc) is 2.86. The lowest BCUT2D eigenvalue weighted by atomic mass is 9.97. The highest BCUT2D eigenvalue weighted by Gasteiger charge is 2.22. The molecule has 1 unspecified atom stereocenters. The Morgan fingerprint density at radius 2 is 2.00 bits per heavy atom. The lowest BCUT2D eigenvalue weighted by molar-refractivity contribution is -0.142. The number of hydrogen-bond acceptors (Lipinski definition) is 4. The number of halogens is 1. The van der Waals surface area contributed by atoms with Gasteiger partial charge in [0.15, 0.2) is 5.82 Å². The van der Waals surface area contributed by atoms with E-state index in [1.807, 2.05) is 26.0 Å². The second-order valence-corrected chi connectivity index (χ2v) is 5.79. The summed E-state index contributed by atoms with van der Waals surface area (Å²) in [5.41, 5.74) is 0.804. The summed E-state index contributed by atoms with van der Waals surface area (Å²) in [4.78, 5) is 11.4. The van der Waals surface area contributed by atoms with Crippen molar-refractivity contribution < 1.29 is 9.90 Å². The van der Waals surface area contributed by atoms with E-state index in [9.17, 15) is 9.90 Å². The maximum Gasteiger partial charge on any atom is 0.308 e. The predicted octanol–water partition coefficient (Wildman–Crippen LogP) is 2.74. The van der Waals surface area contributed by atoms with E-state index in [-0.39, 0.29) is 6.54 Å². The van der Waals surface area contributed by atoms with Crippen molar-refractivity contribution in [3.05, 3.63) is 29.3 Å². The zero-order valence-corrected chi connectivity index (χ0v) is 12.7. The maximum atomic E-state index is 11.4. The van der Waals surface area contributed by atoms with E-state index in [1.54, 1.807) is 12.1 Å². The zero-order chi connectivity index (χ0) is 15.4. The summed E-state index contributed by atoms with van der Waals surface area (Å²) in [5, 5.41) is 21.5. The van der Waals surface area contributed by atoms with Crippen LogP contribution < -0.4 is 0 Å². The van der Waals surface area contributed by atoms with Gasteiger partial charge in [-0.15, -0.1) is 5.10 Å².